The van der Waals surface area contributed by atoms with Crippen molar-refractivity contribution in [3.63, 3.8) is 0 Å². The van der Waals surface area contributed by atoms with Gasteiger partial charge >= 0.3 is 0 Å². The maximum absolute atomic E-state index is 12.3. The number of nitrogens with zero attached hydrogens (tertiary/aromatic N) is 2. The zero-order valence-electron chi connectivity index (χ0n) is 15.3. The molecular weight excluding hydrogens is 332 g/mol. The van der Waals surface area contributed by atoms with E-state index in [2.05, 4.69) is 27.7 Å². The lowest BCUT2D eigenvalue weighted by Crippen LogP contribution is -2.34. The van der Waals surface area contributed by atoms with Crippen molar-refractivity contribution in [2.45, 2.75) is 39.7 Å². The Labute approximate surface area is 153 Å². The monoisotopic (exact) mass is 358 g/mol. The minimum atomic E-state index is 0.0538. The summed E-state index contributed by atoms with van der Waals surface area (Å²) in [5.41, 5.74) is 0.768. The summed E-state index contributed by atoms with van der Waals surface area (Å²) in [6.07, 6.45) is 2.94. The van der Waals surface area contributed by atoms with Crippen molar-refractivity contribution in [1.82, 2.24) is 15.5 Å². The zero-order chi connectivity index (χ0) is 18.4. The van der Waals surface area contributed by atoms with E-state index in [9.17, 15) is 4.79 Å². The number of aromatic nitrogens is 2. The van der Waals surface area contributed by atoms with Crippen molar-refractivity contribution < 1.29 is 14.1 Å². The molecule has 0 saturated carbocycles. The molecule has 2 heterocycles. The van der Waals surface area contributed by atoms with Crippen LogP contribution in [-0.2, 0) is 11.4 Å². The number of ether oxygens (including phenoxy) is 1. The minimum absolute atomic E-state index is 0.0538. The number of piperidine rings is 1. The summed E-state index contributed by atoms with van der Waals surface area (Å²) in [5.74, 6) is 2.71. The second kappa shape index (κ2) is 8.80. The van der Waals surface area contributed by atoms with Crippen LogP contribution in [0.25, 0.3) is 0 Å². The normalized spacial score (nSPS) is 18.3. The standard InChI is InChI=1S/C19H26N4O3/c1-13(15-4-3-9-20-11-15)10-18(24)22-16-5-7-17(8-6-16)25-12-19-21-14(2)23-26-19/h5-8,13,15,20H,3-4,9-12H2,1-2H3,(H,22,24). The number of amides is 1. The van der Waals surface area contributed by atoms with E-state index in [0.29, 0.717) is 35.7 Å². The van der Waals surface area contributed by atoms with E-state index < -0.39 is 0 Å². The quantitative estimate of drug-likeness (QED) is 0.791. The highest BCUT2D eigenvalue weighted by Gasteiger charge is 2.22. The third-order valence-electron chi connectivity index (χ3n) is 4.72. The van der Waals surface area contributed by atoms with Gasteiger partial charge in [-0.1, -0.05) is 12.1 Å². The van der Waals surface area contributed by atoms with Gasteiger partial charge in [0.2, 0.25) is 5.91 Å². The van der Waals surface area contributed by atoms with Crippen LogP contribution in [0.1, 0.15) is 37.9 Å². The summed E-state index contributed by atoms with van der Waals surface area (Å²) in [6, 6.07) is 7.29. The molecule has 2 aromatic rings. The Morgan fingerprint density at radius 2 is 2.23 bits per heavy atom. The van der Waals surface area contributed by atoms with Crippen LogP contribution in [0.15, 0.2) is 28.8 Å². The molecule has 3 rings (SSSR count). The Kier molecular flexibility index (Phi) is 6.22. The van der Waals surface area contributed by atoms with Gasteiger partial charge in [0, 0.05) is 12.1 Å². The van der Waals surface area contributed by atoms with Crippen LogP contribution < -0.4 is 15.4 Å². The summed E-state index contributed by atoms with van der Waals surface area (Å²) < 4.78 is 10.6. The van der Waals surface area contributed by atoms with Gasteiger partial charge in [-0.2, -0.15) is 4.98 Å². The lowest BCUT2D eigenvalue weighted by atomic mass is 9.85. The summed E-state index contributed by atoms with van der Waals surface area (Å²) in [5, 5.41) is 10.1. The lowest BCUT2D eigenvalue weighted by molar-refractivity contribution is -0.117. The topological polar surface area (TPSA) is 89.3 Å². The summed E-state index contributed by atoms with van der Waals surface area (Å²) in [4.78, 5) is 16.4. The highest BCUT2D eigenvalue weighted by atomic mass is 16.5. The van der Waals surface area contributed by atoms with E-state index in [-0.39, 0.29) is 12.5 Å². The Morgan fingerprint density at radius 3 is 2.88 bits per heavy atom. The van der Waals surface area contributed by atoms with Gasteiger partial charge in [-0.05, 0) is 69.0 Å². The van der Waals surface area contributed by atoms with Crippen molar-refractivity contribution in [3.05, 3.63) is 36.0 Å². The van der Waals surface area contributed by atoms with E-state index in [0.717, 1.165) is 18.8 Å². The summed E-state index contributed by atoms with van der Waals surface area (Å²) in [6.45, 7) is 6.25. The van der Waals surface area contributed by atoms with Gasteiger partial charge in [0.25, 0.3) is 5.89 Å². The average Bonchev–Trinajstić information content (AvgIpc) is 3.07. The van der Waals surface area contributed by atoms with E-state index in [4.69, 9.17) is 9.26 Å². The molecule has 7 nitrogen and oxygen atoms in total. The molecule has 0 aliphatic carbocycles. The molecule has 0 spiro atoms. The van der Waals surface area contributed by atoms with Gasteiger partial charge in [-0.25, -0.2) is 0 Å². The zero-order valence-corrected chi connectivity index (χ0v) is 15.3. The van der Waals surface area contributed by atoms with E-state index >= 15 is 0 Å². The van der Waals surface area contributed by atoms with Gasteiger partial charge < -0.3 is 19.9 Å². The maximum Gasteiger partial charge on any atom is 0.264 e. The fourth-order valence-electron chi connectivity index (χ4n) is 3.21. The van der Waals surface area contributed by atoms with Gasteiger partial charge in [-0.3, -0.25) is 4.79 Å². The number of rotatable bonds is 7. The Bertz CT molecular complexity index is 708. The van der Waals surface area contributed by atoms with Crippen LogP contribution >= 0.6 is 0 Å². The predicted octanol–water partition coefficient (Wildman–Crippen LogP) is 2.92. The van der Waals surface area contributed by atoms with Crippen LogP contribution in [0.5, 0.6) is 5.75 Å². The molecule has 2 atom stereocenters. The van der Waals surface area contributed by atoms with E-state index in [1.165, 1.54) is 12.8 Å². The van der Waals surface area contributed by atoms with Crippen LogP contribution in [0, 0.1) is 18.8 Å². The maximum atomic E-state index is 12.3. The first kappa shape index (κ1) is 18.4. The SMILES string of the molecule is Cc1noc(COc2ccc(NC(=O)CC(C)C3CCCNC3)cc2)n1. The van der Waals surface area contributed by atoms with Crippen LogP contribution in [0.2, 0.25) is 0 Å². The molecule has 1 aromatic carbocycles. The van der Waals surface area contributed by atoms with Gasteiger partial charge in [-0.15, -0.1) is 0 Å². The third kappa shape index (κ3) is 5.29. The lowest BCUT2D eigenvalue weighted by Gasteiger charge is -2.28. The molecule has 1 fully saturated rings. The molecule has 1 aliphatic rings. The molecule has 26 heavy (non-hydrogen) atoms. The fourth-order valence-corrected chi connectivity index (χ4v) is 3.21. The Morgan fingerprint density at radius 1 is 1.42 bits per heavy atom. The molecule has 2 N–H and O–H groups in total. The first-order valence-corrected chi connectivity index (χ1v) is 9.13. The number of hydrogen-bond acceptors (Lipinski definition) is 6. The second-order valence-electron chi connectivity index (χ2n) is 6.88. The first-order chi connectivity index (χ1) is 12.6. The fraction of sp³-hybridized carbons (Fsp3) is 0.526. The molecule has 1 saturated heterocycles. The average molecular weight is 358 g/mol. The molecule has 0 radical (unpaired) electrons. The number of anilines is 1. The molecule has 0 bridgehead atoms. The van der Waals surface area contributed by atoms with Crippen molar-refractivity contribution in [2.24, 2.45) is 11.8 Å². The number of carbonyl (C=O) groups is 1. The summed E-state index contributed by atoms with van der Waals surface area (Å²) >= 11 is 0. The van der Waals surface area contributed by atoms with Crippen molar-refractivity contribution in [1.29, 1.82) is 0 Å². The highest BCUT2D eigenvalue weighted by molar-refractivity contribution is 5.90. The number of hydrogen-bond donors (Lipinski definition) is 2. The molecule has 140 valence electrons. The van der Waals surface area contributed by atoms with Gasteiger partial charge in [0.05, 0.1) is 0 Å². The number of carbonyl (C=O) groups excluding carboxylic acids is 1. The predicted molar refractivity (Wildman–Crippen MR) is 97.8 cm³/mol. The third-order valence-corrected chi connectivity index (χ3v) is 4.72. The second-order valence-corrected chi connectivity index (χ2v) is 6.88. The number of aryl methyl sites for hydroxylation is 1. The van der Waals surface area contributed by atoms with Crippen LogP contribution in [0.3, 0.4) is 0 Å². The van der Waals surface area contributed by atoms with Gasteiger partial charge in [0.15, 0.2) is 12.4 Å². The summed E-state index contributed by atoms with van der Waals surface area (Å²) in [7, 11) is 0. The van der Waals surface area contributed by atoms with E-state index in [1.807, 2.05) is 24.3 Å². The molecule has 2 unspecified atom stereocenters. The number of nitrogens with one attached hydrogen (secondary N) is 2. The Balaban J connectivity index is 1.44. The molecule has 1 amide bonds. The van der Waals surface area contributed by atoms with Crippen molar-refractivity contribution in [2.75, 3.05) is 18.4 Å². The Hall–Kier alpha value is -2.41. The minimum Gasteiger partial charge on any atom is -0.484 e. The van der Waals surface area contributed by atoms with Crippen LogP contribution in [0.4, 0.5) is 5.69 Å². The van der Waals surface area contributed by atoms with E-state index in [1.54, 1.807) is 6.92 Å². The highest BCUT2D eigenvalue weighted by Crippen LogP contribution is 2.23. The largest absolute Gasteiger partial charge is 0.484 e. The van der Waals surface area contributed by atoms with Crippen molar-refractivity contribution in [3.8, 4) is 5.75 Å². The van der Waals surface area contributed by atoms with Crippen molar-refractivity contribution >= 4 is 11.6 Å². The van der Waals surface area contributed by atoms with Crippen LogP contribution in [-0.4, -0.2) is 29.1 Å². The van der Waals surface area contributed by atoms with Gasteiger partial charge in [0.1, 0.15) is 5.75 Å². The first-order valence-electron chi connectivity index (χ1n) is 9.13. The molecule has 1 aromatic heterocycles. The molecule has 7 heteroatoms. The number of benzene rings is 1. The smallest absolute Gasteiger partial charge is 0.264 e. The molecular formula is C19H26N4O3. The molecule has 1 aliphatic heterocycles.